The van der Waals surface area contributed by atoms with Gasteiger partial charge in [-0.3, -0.25) is 0 Å². The maximum absolute atomic E-state index is 8.79. The van der Waals surface area contributed by atoms with E-state index in [0.29, 0.717) is 5.47 Å². The lowest BCUT2D eigenvalue weighted by atomic mass is 9.80. The fourth-order valence-electron chi connectivity index (χ4n) is 0.998. The van der Waals surface area contributed by atoms with E-state index in [1.165, 1.54) is 5.56 Å². The first-order valence-corrected chi connectivity index (χ1v) is 4.27. The zero-order valence-corrected chi connectivity index (χ0v) is 7.64. The van der Waals surface area contributed by atoms with Gasteiger partial charge >= 0.3 is 7.12 Å². The summed E-state index contributed by atoms with van der Waals surface area (Å²) in [6, 6.07) is 9.91. The van der Waals surface area contributed by atoms with Crippen molar-refractivity contribution in [1.82, 2.24) is 0 Å². The van der Waals surface area contributed by atoms with Crippen LogP contribution in [0, 0.1) is 0 Å². The first-order valence-electron chi connectivity index (χ1n) is 4.27. The summed E-state index contributed by atoms with van der Waals surface area (Å²) in [6.07, 6.45) is 2.56. The minimum absolute atomic E-state index is 0.587. The van der Waals surface area contributed by atoms with Crippen LogP contribution in [0.25, 0.3) is 0 Å². The van der Waals surface area contributed by atoms with Crippen LogP contribution in [0.1, 0.15) is 12.5 Å². The molecule has 0 aliphatic carbocycles. The maximum atomic E-state index is 8.79. The molecule has 2 N–H and O–H groups in total. The van der Waals surface area contributed by atoms with Gasteiger partial charge in [0.25, 0.3) is 0 Å². The molecule has 0 spiro atoms. The van der Waals surface area contributed by atoms with Gasteiger partial charge in [-0.25, -0.2) is 0 Å². The van der Waals surface area contributed by atoms with Crippen molar-refractivity contribution < 1.29 is 10.0 Å². The van der Waals surface area contributed by atoms with Crippen molar-refractivity contribution in [3.8, 4) is 0 Å². The van der Waals surface area contributed by atoms with Crippen LogP contribution < -0.4 is 0 Å². The Labute approximate surface area is 78.7 Å². The van der Waals surface area contributed by atoms with Crippen molar-refractivity contribution in [2.24, 2.45) is 0 Å². The Morgan fingerprint density at radius 3 is 2.46 bits per heavy atom. The summed E-state index contributed by atoms with van der Waals surface area (Å²) >= 11 is 0. The average molecular weight is 176 g/mol. The van der Waals surface area contributed by atoms with Crippen molar-refractivity contribution in [3.63, 3.8) is 0 Å². The molecule has 0 fully saturated rings. The molecule has 0 saturated carbocycles. The first-order chi connectivity index (χ1) is 6.20. The van der Waals surface area contributed by atoms with E-state index in [2.05, 4.69) is 0 Å². The van der Waals surface area contributed by atoms with E-state index in [9.17, 15) is 0 Å². The van der Waals surface area contributed by atoms with Gasteiger partial charge < -0.3 is 10.0 Å². The van der Waals surface area contributed by atoms with Crippen LogP contribution in [0.3, 0.4) is 0 Å². The van der Waals surface area contributed by atoms with Gasteiger partial charge in [-0.05, 0) is 24.4 Å². The topological polar surface area (TPSA) is 40.5 Å². The van der Waals surface area contributed by atoms with Crippen LogP contribution >= 0.6 is 0 Å². The average Bonchev–Trinajstić information content (AvgIpc) is 2.15. The molecule has 13 heavy (non-hydrogen) atoms. The van der Waals surface area contributed by atoms with Crippen LogP contribution in [-0.2, 0) is 6.42 Å². The van der Waals surface area contributed by atoms with Gasteiger partial charge in [0.1, 0.15) is 0 Å². The van der Waals surface area contributed by atoms with E-state index in [1.54, 1.807) is 6.92 Å². The Balaban J connectivity index is 2.57. The van der Waals surface area contributed by atoms with E-state index in [1.807, 2.05) is 36.4 Å². The summed E-state index contributed by atoms with van der Waals surface area (Å²) in [5.74, 6) is 0. The summed E-state index contributed by atoms with van der Waals surface area (Å²) < 4.78 is 0. The standard InChI is InChI=1S/C10H13BO2/c1-9(11(12)13)7-8-10-5-3-2-4-6-10/h2-7,12-13H,8H2,1H3/b9-7+. The zero-order valence-electron chi connectivity index (χ0n) is 7.64. The van der Waals surface area contributed by atoms with E-state index in [0.717, 1.165) is 6.42 Å². The fraction of sp³-hybridized carbons (Fsp3) is 0.200. The van der Waals surface area contributed by atoms with Gasteiger partial charge in [0.2, 0.25) is 0 Å². The van der Waals surface area contributed by atoms with Crippen LogP contribution in [-0.4, -0.2) is 17.2 Å². The lowest BCUT2D eigenvalue weighted by Gasteiger charge is -1.99. The molecule has 68 valence electrons. The van der Waals surface area contributed by atoms with E-state index in [4.69, 9.17) is 10.0 Å². The highest BCUT2D eigenvalue weighted by atomic mass is 16.4. The summed E-state index contributed by atoms with van der Waals surface area (Å²) in [6.45, 7) is 1.70. The second-order valence-corrected chi connectivity index (χ2v) is 3.01. The Morgan fingerprint density at radius 1 is 1.31 bits per heavy atom. The second kappa shape index (κ2) is 4.85. The number of hydrogen-bond donors (Lipinski definition) is 2. The monoisotopic (exact) mass is 176 g/mol. The van der Waals surface area contributed by atoms with E-state index >= 15 is 0 Å². The van der Waals surface area contributed by atoms with E-state index < -0.39 is 7.12 Å². The highest BCUT2D eigenvalue weighted by Gasteiger charge is 2.07. The normalized spacial score (nSPS) is 11.5. The van der Waals surface area contributed by atoms with E-state index in [-0.39, 0.29) is 0 Å². The Hall–Kier alpha value is -1.06. The fourth-order valence-corrected chi connectivity index (χ4v) is 0.998. The van der Waals surface area contributed by atoms with Crippen LogP contribution in [0.5, 0.6) is 0 Å². The SMILES string of the molecule is C/C(=C\Cc1ccccc1)B(O)O. The Bertz CT molecular complexity index is 280. The molecule has 3 heteroatoms. The highest BCUT2D eigenvalue weighted by molar-refractivity contribution is 6.50. The Morgan fingerprint density at radius 2 is 1.92 bits per heavy atom. The third-order valence-corrected chi connectivity index (χ3v) is 1.91. The summed E-state index contributed by atoms with van der Waals surface area (Å²) in [5, 5.41) is 17.6. The smallest absolute Gasteiger partial charge is 0.423 e. The number of benzene rings is 1. The molecule has 1 aromatic rings. The van der Waals surface area contributed by atoms with Crippen molar-refractivity contribution in [3.05, 3.63) is 47.4 Å². The van der Waals surface area contributed by atoms with Crippen molar-refractivity contribution in [2.45, 2.75) is 13.3 Å². The molecule has 0 aromatic heterocycles. The quantitative estimate of drug-likeness (QED) is 0.679. The number of allylic oxidation sites excluding steroid dienone is 2. The molecule has 0 aliphatic heterocycles. The van der Waals surface area contributed by atoms with Crippen LogP contribution in [0.4, 0.5) is 0 Å². The molecule has 0 bridgehead atoms. The molecular weight excluding hydrogens is 163 g/mol. The van der Waals surface area contributed by atoms with Gasteiger partial charge in [0.05, 0.1) is 0 Å². The molecule has 0 atom stereocenters. The predicted molar refractivity (Wildman–Crippen MR) is 54.1 cm³/mol. The molecule has 0 amide bonds. The minimum atomic E-state index is -1.33. The summed E-state index contributed by atoms with van der Waals surface area (Å²) in [7, 11) is -1.33. The molecule has 1 rings (SSSR count). The van der Waals surface area contributed by atoms with Crippen molar-refractivity contribution >= 4 is 7.12 Å². The van der Waals surface area contributed by atoms with Gasteiger partial charge in [-0.1, -0.05) is 36.4 Å². The van der Waals surface area contributed by atoms with Crippen LogP contribution in [0.15, 0.2) is 41.9 Å². The highest BCUT2D eigenvalue weighted by Crippen LogP contribution is 2.03. The molecule has 2 nitrogen and oxygen atoms in total. The molecular formula is C10H13BO2. The minimum Gasteiger partial charge on any atom is -0.423 e. The summed E-state index contributed by atoms with van der Waals surface area (Å²) in [5.41, 5.74) is 1.76. The number of hydrogen-bond acceptors (Lipinski definition) is 2. The lowest BCUT2D eigenvalue weighted by molar-refractivity contribution is 0.419. The molecule has 0 saturated heterocycles. The molecule has 0 aliphatic rings. The molecule has 0 heterocycles. The third kappa shape index (κ3) is 3.44. The van der Waals surface area contributed by atoms with Crippen molar-refractivity contribution in [2.75, 3.05) is 0 Å². The molecule has 0 unspecified atom stereocenters. The van der Waals surface area contributed by atoms with Gasteiger partial charge in [0.15, 0.2) is 0 Å². The predicted octanol–water partition coefficient (Wildman–Crippen LogP) is 1.19. The largest absolute Gasteiger partial charge is 0.483 e. The lowest BCUT2D eigenvalue weighted by Crippen LogP contribution is -2.12. The molecule has 0 radical (unpaired) electrons. The molecule has 1 aromatic carbocycles. The zero-order chi connectivity index (χ0) is 9.68. The van der Waals surface area contributed by atoms with Gasteiger partial charge in [0, 0.05) is 0 Å². The maximum Gasteiger partial charge on any atom is 0.483 e. The number of rotatable bonds is 3. The van der Waals surface area contributed by atoms with Gasteiger partial charge in [-0.2, -0.15) is 0 Å². The summed E-state index contributed by atoms with van der Waals surface area (Å²) in [4.78, 5) is 0. The van der Waals surface area contributed by atoms with Crippen LogP contribution in [0.2, 0.25) is 0 Å². The van der Waals surface area contributed by atoms with Crippen molar-refractivity contribution in [1.29, 1.82) is 0 Å². The second-order valence-electron chi connectivity index (χ2n) is 3.01. The van der Waals surface area contributed by atoms with Gasteiger partial charge in [-0.15, -0.1) is 0 Å². The Kier molecular flexibility index (Phi) is 3.74. The third-order valence-electron chi connectivity index (χ3n) is 1.91. The first kappa shape index (κ1) is 10.0.